The standard InChI is InChI=1S/C16H26N2O2/c1-5-8-12(2)18-16(19)11-17-13(3)14-9-6-7-10-15(14)20-4/h6-7,9-10,12-13,17H,5,8,11H2,1-4H3,(H,18,19)/t12?,13-/m0/s1. The average molecular weight is 278 g/mol. The fourth-order valence-corrected chi connectivity index (χ4v) is 2.21. The minimum Gasteiger partial charge on any atom is -0.496 e. The molecule has 4 heteroatoms. The molecule has 0 heterocycles. The highest BCUT2D eigenvalue weighted by Gasteiger charge is 2.12. The van der Waals surface area contributed by atoms with Crippen LogP contribution in [0.5, 0.6) is 5.75 Å². The van der Waals surface area contributed by atoms with Gasteiger partial charge in [0.15, 0.2) is 0 Å². The molecule has 0 spiro atoms. The van der Waals surface area contributed by atoms with Gasteiger partial charge in [-0.2, -0.15) is 0 Å². The van der Waals surface area contributed by atoms with Crippen molar-refractivity contribution in [1.29, 1.82) is 0 Å². The Bertz CT molecular complexity index is 421. The zero-order valence-corrected chi connectivity index (χ0v) is 12.9. The van der Waals surface area contributed by atoms with Crippen molar-refractivity contribution in [3.8, 4) is 5.75 Å². The summed E-state index contributed by atoms with van der Waals surface area (Å²) in [7, 11) is 1.66. The lowest BCUT2D eigenvalue weighted by molar-refractivity contribution is -0.121. The number of ether oxygens (including phenoxy) is 1. The van der Waals surface area contributed by atoms with E-state index in [4.69, 9.17) is 4.74 Å². The van der Waals surface area contributed by atoms with E-state index in [-0.39, 0.29) is 18.0 Å². The molecule has 0 aliphatic carbocycles. The number of benzene rings is 1. The highest BCUT2D eigenvalue weighted by molar-refractivity contribution is 5.78. The molecule has 0 aliphatic heterocycles. The molecule has 1 aromatic carbocycles. The lowest BCUT2D eigenvalue weighted by atomic mass is 10.1. The fourth-order valence-electron chi connectivity index (χ4n) is 2.21. The van der Waals surface area contributed by atoms with E-state index in [0.717, 1.165) is 24.2 Å². The van der Waals surface area contributed by atoms with E-state index in [9.17, 15) is 4.79 Å². The van der Waals surface area contributed by atoms with Crippen molar-refractivity contribution in [2.24, 2.45) is 0 Å². The van der Waals surface area contributed by atoms with Crippen LogP contribution in [0.15, 0.2) is 24.3 Å². The van der Waals surface area contributed by atoms with Gasteiger partial charge in [-0.15, -0.1) is 0 Å². The molecular formula is C16H26N2O2. The monoisotopic (exact) mass is 278 g/mol. The molecular weight excluding hydrogens is 252 g/mol. The predicted octanol–water partition coefficient (Wildman–Crippen LogP) is 2.65. The molecule has 1 rings (SSSR count). The highest BCUT2D eigenvalue weighted by Crippen LogP contribution is 2.23. The van der Waals surface area contributed by atoms with E-state index in [0.29, 0.717) is 6.54 Å². The molecule has 0 saturated carbocycles. The van der Waals surface area contributed by atoms with Crippen LogP contribution in [-0.4, -0.2) is 25.6 Å². The minimum absolute atomic E-state index is 0.0349. The van der Waals surface area contributed by atoms with Gasteiger partial charge < -0.3 is 15.4 Å². The topological polar surface area (TPSA) is 50.4 Å². The molecule has 0 fully saturated rings. The number of para-hydroxylation sites is 1. The summed E-state index contributed by atoms with van der Waals surface area (Å²) in [6, 6.07) is 8.15. The smallest absolute Gasteiger partial charge is 0.234 e. The summed E-state index contributed by atoms with van der Waals surface area (Å²) >= 11 is 0. The quantitative estimate of drug-likeness (QED) is 0.768. The molecule has 20 heavy (non-hydrogen) atoms. The van der Waals surface area contributed by atoms with Gasteiger partial charge in [-0.05, 0) is 26.3 Å². The van der Waals surface area contributed by atoms with E-state index in [1.807, 2.05) is 38.1 Å². The summed E-state index contributed by atoms with van der Waals surface area (Å²) in [6.45, 7) is 6.49. The summed E-state index contributed by atoms with van der Waals surface area (Å²) in [6.07, 6.45) is 2.08. The van der Waals surface area contributed by atoms with E-state index in [1.165, 1.54) is 0 Å². The number of hydrogen-bond acceptors (Lipinski definition) is 3. The summed E-state index contributed by atoms with van der Waals surface area (Å²) in [5, 5.41) is 6.21. The maximum Gasteiger partial charge on any atom is 0.234 e. The normalized spacial score (nSPS) is 13.6. The maximum atomic E-state index is 11.8. The maximum absolute atomic E-state index is 11.8. The second-order valence-corrected chi connectivity index (χ2v) is 5.10. The minimum atomic E-state index is 0.0349. The van der Waals surface area contributed by atoms with E-state index in [1.54, 1.807) is 7.11 Å². The summed E-state index contributed by atoms with van der Waals surface area (Å²) < 4.78 is 5.33. The van der Waals surface area contributed by atoms with Gasteiger partial charge in [0.1, 0.15) is 5.75 Å². The largest absolute Gasteiger partial charge is 0.496 e. The van der Waals surface area contributed by atoms with Gasteiger partial charge in [-0.25, -0.2) is 0 Å². The molecule has 0 aromatic heterocycles. The molecule has 0 radical (unpaired) electrons. The number of amides is 1. The molecule has 1 aromatic rings. The van der Waals surface area contributed by atoms with Crippen LogP contribution in [0.4, 0.5) is 0 Å². The van der Waals surface area contributed by atoms with E-state index >= 15 is 0 Å². The van der Waals surface area contributed by atoms with Gasteiger partial charge in [0.2, 0.25) is 5.91 Å². The Hall–Kier alpha value is -1.55. The first-order valence-corrected chi connectivity index (χ1v) is 7.24. The summed E-state index contributed by atoms with van der Waals surface area (Å²) in [4.78, 5) is 11.8. The van der Waals surface area contributed by atoms with Crippen molar-refractivity contribution in [3.05, 3.63) is 29.8 Å². The fraction of sp³-hybridized carbons (Fsp3) is 0.562. The van der Waals surface area contributed by atoms with Crippen molar-refractivity contribution >= 4 is 5.91 Å². The van der Waals surface area contributed by atoms with Gasteiger partial charge in [0.25, 0.3) is 0 Å². The third kappa shape index (κ3) is 5.21. The summed E-state index contributed by atoms with van der Waals surface area (Å²) in [5.41, 5.74) is 1.06. The molecule has 0 bridgehead atoms. The van der Waals surface area contributed by atoms with Crippen LogP contribution in [0, 0.1) is 0 Å². The van der Waals surface area contributed by atoms with Crippen molar-refractivity contribution in [1.82, 2.24) is 10.6 Å². The zero-order chi connectivity index (χ0) is 15.0. The van der Waals surface area contributed by atoms with Gasteiger partial charge in [-0.1, -0.05) is 31.5 Å². The third-order valence-corrected chi connectivity index (χ3v) is 3.30. The van der Waals surface area contributed by atoms with Crippen LogP contribution in [0.1, 0.15) is 45.2 Å². The van der Waals surface area contributed by atoms with Crippen molar-refractivity contribution in [2.45, 2.75) is 45.7 Å². The van der Waals surface area contributed by atoms with Crippen LogP contribution < -0.4 is 15.4 Å². The molecule has 0 aliphatic rings. The van der Waals surface area contributed by atoms with Crippen LogP contribution in [-0.2, 0) is 4.79 Å². The SMILES string of the molecule is CCCC(C)NC(=O)CN[C@@H](C)c1ccccc1OC. The number of nitrogens with one attached hydrogen (secondary N) is 2. The number of hydrogen-bond donors (Lipinski definition) is 2. The lowest BCUT2D eigenvalue weighted by Crippen LogP contribution is -2.39. The zero-order valence-electron chi connectivity index (χ0n) is 12.9. The first-order chi connectivity index (χ1) is 9.58. The lowest BCUT2D eigenvalue weighted by Gasteiger charge is -2.18. The Morgan fingerprint density at radius 3 is 2.65 bits per heavy atom. The van der Waals surface area contributed by atoms with Crippen molar-refractivity contribution in [2.75, 3.05) is 13.7 Å². The van der Waals surface area contributed by atoms with E-state index in [2.05, 4.69) is 17.6 Å². The average Bonchev–Trinajstić information content (AvgIpc) is 2.44. The number of carbonyl (C=O) groups is 1. The molecule has 1 unspecified atom stereocenters. The number of rotatable bonds is 8. The first-order valence-electron chi connectivity index (χ1n) is 7.24. The van der Waals surface area contributed by atoms with Gasteiger partial charge in [0, 0.05) is 17.6 Å². The Kier molecular flexibility index (Phi) is 7.09. The van der Waals surface area contributed by atoms with Gasteiger partial charge in [-0.3, -0.25) is 4.79 Å². The predicted molar refractivity (Wildman–Crippen MR) is 81.9 cm³/mol. The van der Waals surface area contributed by atoms with Crippen molar-refractivity contribution < 1.29 is 9.53 Å². The molecule has 2 N–H and O–H groups in total. The van der Waals surface area contributed by atoms with Crippen LogP contribution >= 0.6 is 0 Å². The van der Waals surface area contributed by atoms with Crippen LogP contribution in [0.25, 0.3) is 0 Å². The van der Waals surface area contributed by atoms with E-state index < -0.39 is 0 Å². The van der Waals surface area contributed by atoms with Crippen molar-refractivity contribution in [3.63, 3.8) is 0 Å². The highest BCUT2D eigenvalue weighted by atomic mass is 16.5. The Morgan fingerprint density at radius 2 is 2.00 bits per heavy atom. The Labute approximate surface area is 121 Å². The summed E-state index contributed by atoms with van der Waals surface area (Å²) in [5.74, 6) is 0.875. The first kappa shape index (κ1) is 16.5. The molecule has 2 atom stereocenters. The second-order valence-electron chi connectivity index (χ2n) is 5.10. The van der Waals surface area contributed by atoms with Crippen LogP contribution in [0.2, 0.25) is 0 Å². The Morgan fingerprint density at radius 1 is 1.30 bits per heavy atom. The molecule has 112 valence electrons. The van der Waals surface area contributed by atoms with Crippen LogP contribution in [0.3, 0.4) is 0 Å². The molecule has 0 saturated heterocycles. The van der Waals surface area contributed by atoms with Gasteiger partial charge >= 0.3 is 0 Å². The second kappa shape index (κ2) is 8.59. The molecule has 1 amide bonds. The Balaban J connectivity index is 2.46. The molecule has 4 nitrogen and oxygen atoms in total. The third-order valence-electron chi connectivity index (χ3n) is 3.30. The van der Waals surface area contributed by atoms with Gasteiger partial charge in [0.05, 0.1) is 13.7 Å². The number of carbonyl (C=O) groups excluding carboxylic acids is 1. The number of methoxy groups -OCH3 is 1.